The summed E-state index contributed by atoms with van der Waals surface area (Å²) < 4.78 is 12.1. The maximum atomic E-state index is 6.19. The van der Waals surface area contributed by atoms with Crippen molar-refractivity contribution in [1.29, 1.82) is 0 Å². The van der Waals surface area contributed by atoms with E-state index in [1.165, 1.54) is 0 Å². The largest absolute Gasteiger partial charge is 0.388 e. The molecule has 0 saturated carbocycles. The van der Waals surface area contributed by atoms with Crippen LogP contribution in [0.4, 0.5) is 0 Å². The molecule has 1 aliphatic carbocycles. The molecule has 1 heterocycles. The lowest BCUT2D eigenvalue weighted by molar-refractivity contribution is 0.00253. The van der Waals surface area contributed by atoms with Gasteiger partial charge in [-0.2, -0.15) is 0 Å². The summed E-state index contributed by atoms with van der Waals surface area (Å²) in [6.07, 6.45) is 5.05. The normalized spacial score (nSPS) is 21.9. The molecule has 2 aliphatic rings. The second-order valence-corrected chi connectivity index (χ2v) is 6.64. The Bertz CT molecular complexity index is 757. The van der Waals surface area contributed by atoms with Crippen LogP contribution in [0.5, 0.6) is 0 Å². The van der Waals surface area contributed by atoms with Gasteiger partial charge in [-0.1, -0.05) is 71.9 Å². The molecule has 26 heavy (non-hydrogen) atoms. The van der Waals surface area contributed by atoms with Gasteiger partial charge in [0.25, 0.3) is 0 Å². The van der Waals surface area contributed by atoms with Crippen molar-refractivity contribution in [3.05, 3.63) is 83.9 Å². The Morgan fingerprint density at radius 2 is 1.65 bits per heavy atom. The second-order valence-electron chi connectivity index (χ2n) is 6.64. The Kier molecular flexibility index (Phi) is 5.43. The molecular formula is C22H23NO3. The summed E-state index contributed by atoms with van der Waals surface area (Å²) in [4.78, 5) is 5.55. The van der Waals surface area contributed by atoms with E-state index in [1.54, 1.807) is 0 Å². The minimum Gasteiger partial charge on any atom is -0.388 e. The lowest BCUT2D eigenvalue weighted by Gasteiger charge is -2.21. The summed E-state index contributed by atoms with van der Waals surface area (Å²) >= 11 is 0. The number of benzene rings is 2. The van der Waals surface area contributed by atoms with Crippen LogP contribution >= 0.6 is 0 Å². The van der Waals surface area contributed by atoms with Crippen LogP contribution in [0.15, 0.2) is 78.0 Å². The maximum Gasteiger partial charge on any atom is 0.154 e. The first-order valence-electron chi connectivity index (χ1n) is 9.07. The van der Waals surface area contributed by atoms with Gasteiger partial charge in [0, 0.05) is 0 Å². The standard InChI is InChI=1S/C22H23NO3/c1-3-8-17(9-4-1)14-24-16-21(25-15-18-10-5-2-6-11-18)22-19-12-7-13-20(19)26-23-22/h1-11,13,19-21H,12,14-16H2/t19-,20+,21-/m1/s1. The summed E-state index contributed by atoms with van der Waals surface area (Å²) in [5.41, 5.74) is 3.25. The summed E-state index contributed by atoms with van der Waals surface area (Å²) in [5.74, 6) is 0.274. The number of fused-ring (bicyclic) bond motifs is 1. The average Bonchev–Trinajstić information content (AvgIpc) is 3.30. The zero-order chi connectivity index (χ0) is 17.6. The lowest BCUT2D eigenvalue weighted by Crippen LogP contribution is -2.34. The van der Waals surface area contributed by atoms with Crippen molar-refractivity contribution in [2.45, 2.75) is 31.8 Å². The Hall–Kier alpha value is -2.43. The van der Waals surface area contributed by atoms with E-state index in [9.17, 15) is 0 Å². The van der Waals surface area contributed by atoms with Crippen LogP contribution < -0.4 is 0 Å². The highest BCUT2D eigenvalue weighted by Crippen LogP contribution is 2.31. The lowest BCUT2D eigenvalue weighted by atomic mass is 9.95. The van der Waals surface area contributed by atoms with Crippen LogP contribution in [0.1, 0.15) is 17.5 Å². The van der Waals surface area contributed by atoms with Crippen LogP contribution in [0.2, 0.25) is 0 Å². The number of rotatable bonds is 8. The predicted octanol–water partition coefficient (Wildman–Crippen LogP) is 4.12. The molecule has 0 saturated heterocycles. The number of ether oxygens (including phenoxy) is 2. The van der Waals surface area contributed by atoms with E-state index in [-0.39, 0.29) is 18.1 Å². The quantitative estimate of drug-likeness (QED) is 0.673. The van der Waals surface area contributed by atoms with Crippen molar-refractivity contribution >= 4 is 5.71 Å². The average molecular weight is 349 g/mol. The highest BCUT2D eigenvalue weighted by Gasteiger charge is 2.39. The van der Waals surface area contributed by atoms with Crippen LogP contribution in [0, 0.1) is 5.92 Å². The van der Waals surface area contributed by atoms with Crippen LogP contribution in [0.25, 0.3) is 0 Å². The molecule has 0 aromatic heterocycles. The van der Waals surface area contributed by atoms with E-state index < -0.39 is 0 Å². The first-order valence-corrected chi connectivity index (χ1v) is 9.07. The van der Waals surface area contributed by atoms with Gasteiger partial charge in [0.05, 0.1) is 31.5 Å². The van der Waals surface area contributed by atoms with Crippen molar-refractivity contribution in [3.63, 3.8) is 0 Å². The van der Waals surface area contributed by atoms with Crippen molar-refractivity contribution in [3.8, 4) is 0 Å². The fraction of sp³-hybridized carbons (Fsp3) is 0.318. The third-order valence-electron chi connectivity index (χ3n) is 4.78. The zero-order valence-corrected chi connectivity index (χ0v) is 14.7. The molecule has 4 nitrogen and oxygen atoms in total. The van der Waals surface area contributed by atoms with Crippen LogP contribution in [-0.4, -0.2) is 24.5 Å². The number of allylic oxidation sites excluding steroid dienone is 1. The number of hydrogen-bond donors (Lipinski definition) is 0. The fourth-order valence-corrected chi connectivity index (χ4v) is 3.36. The zero-order valence-electron chi connectivity index (χ0n) is 14.7. The highest BCUT2D eigenvalue weighted by atomic mass is 16.6. The summed E-state index contributed by atoms with van der Waals surface area (Å²) in [6, 6.07) is 20.3. The summed E-state index contributed by atoms with van der Waals surface area (Å²) in [7, 11) is 0. The van der Waals surface area contributed by atoms with Gasteiger partial charge in [-0.05, 0) is 23.6 Å². The molecule has 4 rings (SSSR count). The molecule has 2 aromatic carbocycles. The molecule has 0 fully saturated rings. The van der Waals surface area contributed by atoms with Crippen LogP contribution in [-0.2, 0) is 27.5 Å². The van der Waals surface area contributed by atoms with E-state index in [1.807, 2.05) is 36.4 Å². The van der Waals surface area contributed by atoms with Gasteiger partial charge < -0.3 is 14.3 Å². The van der Waals surface area contributed by atoms with E-state index >= 15 is 0 Å². The monoisotopic (exact) mass is 349 g/mol. The van der Waals surface area contributed by atoms with Crippen LogP contribution in [0.3, 0.4) is 0 Å². The first-order chi connectivity index (χ1) is 12.9. The van der Waals surface area contributed by atoms with Gasteiger partial charge in [-0.25, -0.2) is 0 Å². The molecular weight excluding hydrogens is 326 g/mol. The van der Waals surface area contributed by atoms with Crippen molar-refractivity contribution in [2.24, 2.45) is 11.1 Å². The van der Waals surface area contributed by atoms with E-state index in [0.29, 0.717) is 19.8 Å². The third-order valence-corrected chi connectivity index (χ3v) is 4.78. The molecule has 134 valence electrons. The highest BCUT2D eigenvalue weighted by molar-refractivity contribution is 5.93. The molecule has 0 spiro atoms. The molecule has 0 radical (unpaired) electrons. The minimum absolute atomic E-state index is 0.0574. The molecule has 0 amide bonds. The molecule has 0 bridgehead atoms. The maximum absolute atomic E-state index is 6.19. The third kappa shape index (κ3) is 4.03. The predicted molar refractivity (Wildman–Crippen MR) is 101 cm³/mol. The van der Waals surface area contributed by atoms with Crippen molar-refractivity contribution in [1.82, 2.24) is 0 Å². The van der Waals surface area contributed by atoms with Gasteiger partial charge in [0.1, 0.15) is 6.10 Å². The fourth-order valence-electron chi connectivity index (χ4n) is 3.36. The molecule has 0 unspecified atom stereocenters. The topological polar surface area (TPSA) is 40.0 Å². The van der Waals surface area contributed by atoms with Gasteiger partial charge in [0.2, 0.25) is 0 Å². The number of oxime groups is 1. The van der Waals surface area contributed by atoms with E-state index in [2.05, 4.69) is 41.6 Å². The summed E-state index contributed by atoms with van der Waals surface area (Å²) in [5, 5.41) is 4.32. The van der Waals surface area contributed by atoms with Gasteiger partial charge in [-0.3, -0.25) is 0 Å². The molecule has 0 N–H and O–H groups in total. The second kappa shape index (κ2) is 8.30. The molecule has 1 aliphatic heterocycles. The Morgan fingerprint density at radius 1 is 0.962 bits per heavy atom. The van der Waals surface area contributed by atoms with E-state index in [0.717, 1.165) is 23.3 Å². The molecule has 3 atom stereocenters. The van der Waals surface area contributed by atoms with Crippen molar-refractivity contribution in [2.75, 3.05) is 6.61 Å². The SMILES string of the molecule is C1=C[C@@H]2ON=C([C@@H](COCc3ccccc3)OCc3ccccc3)[C@@H]2C1. The van der Waals surface area contributed by atoms with Gasteiger partial charge >= 0.3 is 0 Å². The molecule has 4 heteroatoms. The number of nitrogens with zero attached hydrogens (tertiary/aromatic N) is 1. The molecule has 2 aromatic rings. The van der Waals surface area contributed by atoms with E-state index in [4.69, 9.17) is 14.3 Å². The Morgan fingerprint density at radius 3 is 2.38 bits per heavy atom. The number of hydrogen-bond acceptors (Lipinski definition) is 4. The Balaban J connectivity index is 1.39. The summed E-state index contributed by atoms with van der Waals surface area (Å²) in [6.45, 7) is 1.56. The van der Waals surface area contributed by atoms with Crippen molar-refractivity contribution < 1.29 is 14.3 Å². The smallest absolute Gasteiger partial charge is 0.154 e. The van der Waals surface area contributed by atoms with Gasteiger partial charge in [0.15, 0.2) is 6.10 Å². The van der Waals surface area contributed by atoms with Gasteiger partial charge in [-0.15, -0.1) is 0 Å². The Labute approximate surface area is 154 Å². The minimum atomic E-state index is -0.200. The first kappa shape index (κ1) is 17.0.